The zero-order chi connectivity index (χ0) is 13.8. The van der Waals surface area contributed by atoms with Crippen LogP contribution >= 0.6 is 0 Å². The molecule has 0 radical (unpaired) electrons. The van der Waals surface area contributed by atoms with Crippen LogP contribution in [-0.4, -0.2) is 10.2 Å². The number of aromatic nitrogens is 2. The summed E-state index contributed by atoms with van der Waals surface area (Å²) in [5.41, 5.74) is 8.39. The van der Waals surface area contributed by atoms with Crippen molar-refractivity contribution >= 4 is 5.69 Å². The van der Waals surface area contributed by atoms with Crippen LogP contribution < -0.4 is 11.3 Å². The van der Waals surface area contributed by atoms with Crippen molar-refractivity contribution in [1.82, 2.24) is 10.2 Å². The van der Waals surface area contributed by atoms with Crippen molar-refractivity contribution in [2.75, 3.05) is 5.73 Å². The highest BCUT2D eigenvalue weighted by Crippen LogP contribution is 2.25. The summed E-state index contributed by atoms with van der Waals surface area (Å²) < 4.78 is 0. The summed E-state index contributed by atoms with van der Waals surface area (Å²) in [7, 11) is 0. The lowest BCUT2D eigenvalue weighted by molar-refractivity contribution is 0.723. The monoisotopic (exact) mass is 255 g/mol. The number of rotatable bonds is 4. The number of nitrogens with zero attached hydrogens (tertiary/aromatic N) is 1. The van der Waals surface area contributed by atoms with Gasteiger partial charge in [-0.2, -0.15) is 5.10 Å². The molecule has 4 nitrogen and oxygen atoms in total. The average molecular weight is 255 g/mol. The number of para-hydroxylation sites is 1. The van der Waals surface area contributed by atoms with Crippen molar-refractivity contribution in [2.45, 2.75) is 19.3 Å². The lowest BCUT2D eigenvalue weighted by atomic mass is 9.99. The molecule has 0 spiro atoms. The molecule has 0 bridgehead atoms. The second-order valence-electron chi connectivity index (χ2n) is 4.55. The number of nitrogen functional groups attached to an aromatic ring is 1. The normalized spacial score (nSPS) is 12.1. The van der Waals surface area contributed by atoms with Gasteiger partial charge in [0.25, 0.3) is 5.56 Å². The summed E-state index contributed by atoms with van der Waals surface area (Å²) in [6.45, 7) is 5.76. The van der Waals surface area contributed by atoms with Crippen LogP contribution in [0, 0.1) is 0 Å². The number of anilines is 1. The van der Waals surface area contributed by atoms with Gasteiger partial charge in [0.1, 0.15) is 0 Å². The Kier molecular flexibility index (Phi) is 3.80. The topological polar surface area (TPSA) is 71.8 Å². The first-order valence-corrected chi connectivity index (χ1v) is 6.19. The van der Waals surface area contributed by atoms with Crippen LogP contribution in [0.2, 0.25) is 0 Å². The average Bonchev–Trinajstić information content (AvgIpc) is 2.40. The highest BCUT2D eigenvalue weighted by atomic mass is 16.1. The van der Waals surface area contributed by atoms with Crippen LogP contribution in [-0.2, 0) is 0 Å². The minimum atomic E-state index is -0.229. The molecular weight excluding hydrogens is 238 g/mol. The van der Waals surface area contributed by atoms with Gasteiger partial charge >= 0.3 is 0 Å². The zero-order valence-electron chi connectivity index (χ0n) is 10.9. The number of benzene rings is 1. The predicted molar refractivity (Wildman–Crippen MR) is 77.9 cm³/mol. The molecule has 0 saturated heterocycles. The van der Waals surface area contributed by atoms with Gasteiger partial charge in [-0.05, 0) is 18.6 Å². The number of hydrogen-bond acceptors (Lipinski definition) is 3. The SMILES string of the molecule is C=CC[C@H](C)c1cc(-c2ccccc2N)c(=O)[nH]n1. The van der Waals surface area contributed by atoms with E-state index >= 15 is 0 Å². The standard InChI is InChI=1S/C15H17N3O/c1-3-6-10(2)14-9-12(15(19)18-17-14)11-7-4-5-8-13(11)16/h3-5,7-10H,1,6,16H2,2H3,(H,18,19)/t10-/m0/s1. The largest absolute Gasteiger partial charge is 0.398 e. The third kappa shape index (κ3) is 2.73. The second-order valence-corrected chi connectivity index (χ2v) is 4.55. The zero-order valence-corrected chi connectivity index (χ0v) is 10.9. The van der Waals surface area contributed by atoms with E-state index in [2.05, 4.69) is 16.8 Å². The molecule has 1 aromatic heterocycles. The Morgan fingerprint density at radius 1 is 1.42 bits per heavy atom. The summed E-state index contributed by atoms with van der Waals surface area (Å²) in [4.78, 5) is 11.9. The summed E-state index contributed by atoms with van der Waals surface area (Å²) >= 11 is 0. The predicted octanol–water partition coefficient (Wildman–Crippen LogP) is 2.70. The molecule has 0 unspecified atom stereocenters. The molecular formula is C15H17N3O. The molecule has 0 aliphatic carbocycles. The molecule has 2 aromatic rings. The fourth-order valence-electron chi connectivity index (χ4n) is 1.99. The number of nitrogens with two attached hydrogens (primary N) is 1. The number of allylic oxidation sites excluding steroid dienone is 1. The van der Waals surface area contributed by atoms with Crippen molar-refractivity contribution in [1.29, 1.82) is 0 Å². The molecule has 0 saturated carbocycles. The molecule has 3 N–H and O–H groups in total. The van der Waals surface area contributed by atoms with Gasteiger partial charge < -0.3 is 5.73 Å². The highest BCUT2D eigenvalue weighted by Gasteiger charge is 2.12. The minimum Gasteiger partial charge on any atom is -0.398 e. The second kappa shape index (κ2) is 5.52. The molecule has 1 aromatic carbocycles. The molecule has 4 heteroatoms. The molecule has 0 aliphatic rings. The van der Waals surface area contributed by atoms with E-state index in [1.165, 1.54) is 0 Å². The number of hydrogen-bond donors (Lipinski definition) is 2. The number of H-pyrrole nitrogens is 1. The molecule has 98 valence electrons. The van der Waals surface area contributed by atoms with E-state index in [4.69, 9.17) is 5.73 Å². The van der Waals surface area contributed by atoms with E-state index in [9.17, 15) is 4.79 Å². The van der Waals surface area contributed by atoms with Gasteiger partial charge in [-0.3, -0.25) is 4.79 Å². The first kappa shape index (κ1) is 13.1. The van der Waals surface area contributed by atoms with Gasteiger partial charge in [-0.1, -0.05) is 31.2 Å². The van der Waals surface area contributed by atoms with Crippen molar-refractivity contribution < 1.29 is 0 Å². The Balaban J connectivity index is 2.52. The summed E-state index contributed by atoms with van der Waals surface area (Å²) in [6, 6.07) is 9.12. The van der Waals surface area contributed by atoms with Gasteiger partial charge in [-0.25, -0.2) is 5.10 Å². The van der Waals surface area contributed by atoms with Crippen LogP contribution in [0.15, 0.2) is 47.8 Å². The van der Waals surface area contributed by atoms with Crippen LogP contribution in [0.3, 0.4) is 0 Å². The van der Waals surface area contributed by atoms with Gasteiger partial charge in [0.05, 0.1) is 11.3 Å². The third-order valence-electron chi connectivity index (χ3n) is 3.10. The quantitative estimate of drug-likeness (QED) is 0.651. The maximum atomic E-state index is 11.9. The number of nitrogens with one attached hydrogen (secondary N) is 1. The molecule has 2 rings (SSSR count). The molecule has 1 atom stereocenters. The Morgan fingerprint density at radius 3 is 2.84 bits per heavy atom. The first-order chi connectivity index (χ1) is 9.13. The maximum Gasteiger partial charge on any atom is 0.272 e. The van der Waals surface area contributed by atoms with Crippen molar-refractivity contribution in [3.8, 4) is 11.1 Å². The molecule has 0 amide bonds. The summed E-state index contributed by atoms with van der Waals surface area (Å²) in [5.74, 6) is 0.207. The van der Waals surface area contributed by atoms with Gasteiger partial charge in [0.15, 0.2) is 0 Å². The third-order valence-corrected chi connectivity index (χ3v) is 3.10. The van der Waals surface area contributed by atoms with E-state index in [1.807, 2.05) is 31.2 Å². The molecule has 0 fully saturated rings. The fraction of sp³-hybridized carbons (Fsp3) is 0.200. The van der Waals surface area contributed by atoms with Gasteiger partial charge in [0, 0.05) is 17.2 Å². The minimum absolute atomic E-state index is 0.207. The summed E-state index contributed by atoms with van der Waals surface area (Å²) in [6.07, 6.45) is 2.65. The van der Waals surface area contributed by atoms with Crippen LogP contribution in [0.1, 0.15) is 25.0 Å². The highest BCUT2D eigenvalue weighted by molar-refractivity contribution is 5.75. The van der Waals surface area contributed by atoms with Crippen molar-refractivity contribution in [3.05, 3.63) is 59.0 Å². The maximum absolute atomic E-state index is 11.9. The summed E-state index contributed by atoms with van der Waals surface area (Å²) in [5, 5.41) is 6.62. The Bertz CT molecular complexity index is 646. The lowest BCUT2D eigenvalue weighted by Gasteiger charge is -2.10. The van der Waals surface area contributed by atoms with Crippen LogP contribution in [0.4, 0.5) is 5.69 Å². The van der Waals surface area contributed by atoms with Gasteiger partial charge in [-0.15, -0.1) is 6.58 Å². The van der Waals surface area contributed by atoms with E-state index in [0.717, 1.165) is 17.7 Å². The van der Waals surface area contributed by atoms with Crippen molar-refractivity contribution in [3.63, 3.8) is 0 Å². The Labute approximate surface area is 112 Å². The lowest BCUT2D eigenvalue weighted by Crippen LogP contribution is -2.14. The Morgan fingerprint density at radius 2 is 2.16 bits per heavy atom. The molecule has 19 heavy (non-hydrogen) atoms. The smallest absolute Gasteiger partial charge is 0.272 e. The van der Waals surface area contributed by atoms with E-state index < -0.39 is 0 Å². The van der Waals surface area contributed by atoms with Crippen molar-refractivity contribution in [2.24, 2.45) is 0 Å². The molecule has 1 heterocycles. The van der Waals surface area contributed by atoms with Crippen LogP contribution in [0.5, 0.6) is 0 Å². The molecule has 0 aliphatic heterocycles. The van der Waals surface area contributed by atoms with E-state index in [1.54, 1.807) is 12.1 Å². The number of aromatic amines is 1. The van der Waals surface area contributed by atoms with E-state index in [-0.39, 0.29) is 11.5 Å². The van der Waals surface area contributed by atoms with Gasteiger partial charge in [0.2, 0.25) is 0 Å². The van der Waals surface area contributed by atoms with Crippen LogP contribution in [0.25, 0.3) is 11.1 Å². The van der Waals surface area contributed by atoms with E-state index in [0.29, 0.717) is 11.3 Å². The fourth-order valence-corrected chi connectivity index (χ4v) is 1.99. The Hall–Kier alpha value is -2.36. The first-order valence-electron chi connectivity index (χ1n) is 6.19.